The van der Waals surface area contributed by atoms with Crippen LogP contribution in [0.15, 0.2) is 44.8 Å². The van der Waals surface area contributed by atoms with E-state index in [4.69, 9.17) is 0 Å². The lowest BCUT2D eigenvalue weighted by Gasteiger charge is -2.11. The number of unbranched alkanes of at least 4 members (excludes halogenated alkanes) is 1. The highest BCUT2D eigenvalue weighted by atomic mass is 32.2. The molecule has 0 spiro atoms. The van der Waals surface area contributed by atoms with E-state index in [1.165, 1.54) is 11.8 Å². The monoisotopic (exact) mass is 318 g/mol. The van der Waals surface area contributed by atoms with E-state index in [1.807, 2.05) is 30.3 Å². The molecule has 0 saturated heterocycles. The minimum absolute atomic E-state index is 0.0230. The van der Waals surface area contributed by atoms with E-state index in [-0.39, 0.29) is 5.91 Å². The second-order valence-corrected chi connectivity index (χ2v) is 5.68. The number of nitrogens with one attached hydrogen (secondary N) is 2. The molecule has 6 heteroatoms. The molecule has 22 heavy (non-hydrogen) atoms. The molecule has 0 atom stereocenters. The van der Waals surface area contributed by atoms with Crippen molar-refractivity contribution in [2.24, 2.45) is 0 Å². The molecule has 1 amide bonds. The average Bonchev–Trinajstić information content (AvgIpc) is 2.53. The summed E-state index contributed by atoms with van der Waals surface area (Å²) in [5.74, 6) is -0.0230. The third-order valence-electron chi connectivity index (χ3n) is 3.26. The Hall–Kier alpha value is -2.08. The van der Waals surface area contributed by atoms with Crippen molar-refractivity contribution in [1.29, 1.82) is 0 Å². The maximum absolute atomic E-state index is 11.7. The Labute approximate surface area is 132 Å². The number of anilines is 2. The van der Waals surface area contributed by atoms with Gasteiger partial charge in [-0.25, -0.2) is 0 Å². The predicted molar refractivity (Wildman–Crippen MR) is 90.5 cm³/mol. The molecule has 0 fully saturated rings. The maximum Gasteiger partial charge on any atom is 0.251 e. The third kappa shape index (κ3) is 3.98. The van der Waals surface area contributed by atoms with Crippen molar-refractivity contribution in [1.82, 2.24) is 0 Å². The number of carbonyl (C=O) groups excluding carboxylic acids is 1. The van der Waals surface area contributed by atoms with Crippen LogP contribution < -0.4 is 21.5 Å². The SMILES string of the molecule is CSc1c(NCCCCC(=O)Nc2ccccc2)c(=O)c1=O. The highest BCUT2D eigenvalue weighted by Gasteiger charge is 2.18. The van der Waals surface area contributed by atoms with Crippen LogP contribution in [0.1, 0.15) is 19.3 Å². The molecule has 0 aliphatic carbocycles. The summed E-state index contributed by atoms with van der Waals surface area (Å²) in [5.41, 5.74) is 0.369. The molecule has 0 heterocycles. The van der Waals surface area contributed by atoms with Crippen LogP contribution in [0.5, 0.6) is 0 Å². The van der Waals surface area contributed by atoms with Gasteiger partial charge in [0.2, 0.25) is 11.3 Å². The summed E-state index contributed by atoms with van der Waals surface area (Å²) >= 11 is 1.28. The van der Waals surface area contributed by atoms with Crippen LogP contribution in [-0.2, 0) is 4.79 Å². The Balaban J connectivity index is 1.65. The van der Waals surface area contributed by atoms with E-state index in [2.05, 4.69) is 10.6 Å². The first-order valence-corrected chi connectivity index (χ1v) is 8.32. The summed E-state index contributed by atoms with van der Waals surface area (Å²) in [4.78, 5) is 34.8. The Bertz CT molecular complexity index is 706. The number of benzene rings is 1. The van der Waals surface area contributed by atoms with E-state index < -0.39 is 10.9 Å². The number of thioether (sulfide) groups is 1. The van der Waals surface area contributed by atoms with Gasteiger partial charge in [0.15, 0.2) is 0 Å². The number of rotatable bonds is 8. The summed E-state index contributed by atoms with van der Waals surface area (Å²) < 4.78 is 0. The number of amides is 1. The van der Waals surface area contributed by atoms with Crippen LogP contribution >= 0.6 is 11.8 Å². The molecule has 0 radical (unpaired) electrons. The van der Waals surface area contributed by atoms with Gasteiger partial charge in [0.1, 0.15) is 5.69 Å². The van der Waals surface area contributed by atoms with E-state index in [0.29, 0.717) is 23.5 Å². The van der Waals surface area contributed by atoms with Gasteiger partial charge >= 0.3 is 0 Å². The average molecular weight is 318 g/mol. The Kier molecular flexibility index (Phi) is 5.77. The summed E-state index contributed by atoms with van der Waals surface area (Å²) in [7, 11) is 0. The first-order valence-electron chi connectivity index (χ1n) is 7.09. The molecule has 2 N–H and O–H groups in total. The molecular weight excluding hydrogens is 300 g/mol. The molecule has 2 aromatic carbocycles. The second-order valence-electron chi connectivity index (χ2n) is 4.86. The molecule has 2 aromatic rings. The van der Waals surface area contributed by atoms with Crippen molar-refractivity contribution in [3.05, 3.63) is 50.8 Å². The zero-order valence-corrected chi connectivity index (χ0v) is 13.2. The van der Waals surface area contributed by atoms with Gasteiger partial charge in [-0.05, 0) is 31.2 Å². The van der Waals surface area contributed by atoms with Crippen molar-refractivity contribution in [2.45, 2.75) is 24.2 Å². The van der Waals surface area contributed by atoms with Gasteiger partial charge in [0, 0.05) is 18.7 Å². The second kappa shape index (κ2) is 7.79. The lowest BCUT2D eigenvalue weighted by Crippen LogP contribution is -2.36. The molecule has 0 bridgehead atoms. The van der Waals surface area contributed by atoms with Crippen LogP contribution in [0.2, 0.25) is 0 Å². The lowest BCUT2D eigenvalue weighted by atomic mass is 10.2. The van der Waals surface area contributed by atoms with Gasteiger partial charge in [-0.3, -0.25) is 14.4 Å². The summed E-state index contributed by atoms with van der Waals surface area (Å²) in [6.45, 7) is 0.580. The van der Waals surface area contributed by atoms with Crippen molar-refractivity contribution in [3.63, 3.8) is 0 Å². The highest BCUT2D eigenvalue weighted by molar-refractivity contribution is 7.98. The summed E-state index contributed by atoms with van der Waals surface area (Å²) in [6, 6.07) is 9.32. The zero-order chi connectivity index (χ0) is 15.9. The van der Waals surface area contributed by atoms with E-state index in [9.17, 15) is 14.4 Å². The number of carbonyl (C=O) groups is 1. The molecule has 0 saturated carbocycles. The van der Waals surface area contributed by atoms with Gasteiger partial charge in [0.05, 0.1) is 4.90 Å². The van der Waals surface area contributed by atoms with E-state index >= 15 is 0 Å². The maximum atomic E-state index is 11.7. The molecule has 0 aliphatic heterocycles. The van der Waals surface area contributed by atoms with Gasteiger partial charge in [-0.2, -0.15) is 0 Å². The van der Waals surface area contributed by atoms with Gasteiger partial charge in [0.25, 0.3) is 5.43 Å². The van der Waals surface area contributed by atoms with Crippen LogP contribution in [0, 0.1) is 0 Å². The minimum Gasteiger partial charge on any atom is -0.381 e. The van der Waals surface area contributed by atoms with Crippen molar-refractivity contribution < 1.29 is 4.79 Å². The van der Waals surface area contributed by atoms with Gasteiger partial charge < -0.3 is 10.6 Å². The van der Waals surface area contributed by atoms with Crippen molar-refractivity contribution >= 4 is 29.0 Å². The zero-order valence-electron chi connectivity index (χ0n) is 12.3. The molecular formula is C16H18N2O3S. The summed E-state index contributed by atoms with van der Waals surface area (Å²) in [5, 5.41) is 5.80. The molecule has 0 aliphatic rings. The topological polar surface area (TPSA) is 75.3 Å². The van der Waals surface area contributed by atoms with E-state index in [1.54, 1.807) is 6.26 Å². The van der Waals surface area contributed by atoms with E-state index in [0.717, 1.165) is 18.5 Å². The largest absolute Gasteiger partial charge is 0.381 e. The molecule has 2 rings (SSSR count). The highest BCUT2D eigenvalue weighted by Crippen LogP contribution is 2.19. The van der Waals surface area contributed by atoms with Crippen LogP contribution in [-0.4, -0.2) is 18.7 Å². The molecule has 5 nitrogen and oxygen atoms in total. The van der Waals surface area contributed by atoms with Crippen LogP contribution in [0.25, 0.3) is 0 Å². The standard InChI is InChI=1S/C16H18N2O3S/c1-22-16-13(14(20)15(16)21)17-10-6-5-9-12(19)18-11-7-3-2-4-8-11/h2-4,7-8,17H,5-6,9-10H2,1H3,(H,18,19). The first-order chi connectivity index (χ1) is 10.6. The molecule has 116 valence electrons. The summed E-state index contributed by atoms with van der Waals surface area (Å²) in [6.07, 6.45) is 3.68. The van der Waals surface area contributed by atoms with Gasteiger partial charge in [-0.1, -0.05) is 18.2 Å². The van der Waals surface area contributed by atoms with Crippen LogP contribution in [0.3, 0.4) is 0 Å². The Morgan fingerprint density at radius 3 is 2.50 bits per heavy atom. The first kappa shape index (κ1) is 16.3. The quantitative estimate of drug-likeness (QED) is 0.443. The molecule has 0 aromatic heterocycles. The van der Waals surface area contributed by atoms with Crippen molar-refractivity contribution in [3.8, 4) is 0 Å². The fraction of sp³-hybridized carbons (Fsp3) is 0.312. The Morgan fingerprint density at radius 2 is 1.82 bits per heavy atom. The number of para-hydroxylation sites is 1. The Morgan fingerprint density at radius 1 is 1.09 bits per heavy atom. The van der Waals surface area contributed by atoms with Crippen molar-refractivity contribution in [2.75, 3.05) is 23.4 Å². The predicted octanol–water partition coefficient (Wildman–Crippen LogP) is 2.23. The normalized spacial score (nSPS) is 10.6. The third-order valence-corrected chi connectivity index (χ3v) is 4.06. The fourth-order valence-electron chi connectivity index (χ4n) is 2.10. The minimum atomic E-state index is -0.439. The van der Waals surface area contributed by atoms with Crippen LogP contribution in [0.4, 0.5) is 11.4 Å². The van der Waals surface area contributed by atoms with Gasteiger partial charge in [-0.15, -0.1) is 11.8 Å². The lowest BCUT2D eigenvalue weighted by molar-refractivity contribution is -0.116. The smallest absolute Gasteiger partial charge is 0.251 e. The number of hydrogen-bond donors (Lipinski definition) is 2. The fourth-order valence-corrected chi connectivity index (χ4v) is 2.74. The molecule has 0 unspecified atom stereocenters. The number of hydrogen-bond acceptors (Lipinski definition) is 5.